The summed E-state index contributed by atoms with van der Waals surface area (Å²) in [4.78, 5) is 10.7. The van der Waals surface area contributed by atoms with Gasteiger partial charge in [0.05, 0.1) is 6.26 Å². The summed E-state index contributed by atoms with van der Waals surface area (Å²) < 4.78 is 5.30. The molecular formula is C12H17N5OS. The van der Waals surface area contributed by atoms with E-state index in [-0.39, 0.29) is 0 Å². The van der Waals surface area contributed by atoms with Gasteiger partial charge < -0.3 is 14.7 Å². The van der Waals surface area contributed by atoms with E-state index in [1.54, 1.807) is 6.26 Å². The highest BCUT2D eigenvalue weighted by Gasteiger charge is 2.10. The molecule has 6 nitrogen and oxygen atoms in total. The molecule has 0 atom stereocenters. The van der Waals surface area contributed by atoms with Gasteiger partial charge in [-0.15, -0.1) is 0 Å². The number of anilines is 2. The minimum Gasteiger partial charge on any atom is -0.469 e. The van der Waals surface area contributed by atoms with E-state index in [1.165, 1.54) is 11.8 Å². The number of aryl methyl sites for hydroxylation is 1. The van der Waals surface area contributed by atoms with Gasteiger partial charge in [-0.05, 0) is 19.2 Å². The molecule has 2 rings (SSSR count). The molecule has 2 aromatic rings. The summed E-state index contributed by atoms with van der Waals surface area (Å²) in [5.74, 6) is 7.75. The van der Waals surface area contributed by atoms with Crippen molar-refractivity contribution < 1.29 is 4.42 Å². The zero-order chi connectivity index (χ0) is 13.8. The van der Waals surface area contributed by atoms with Gasteiger partial charge in [0.15, 0.2) is 5.16 Å². The fourth-order valence-electron chi connectivity index (χ4n) is 1.69. The Bertz CT molecular complexity index is 535. The SMILES string of the molecule is CSc1nc(NN)cc(N(C)Cc2ccoc2C)n1. The van der Waals surface area contributed by atoms with Gasteiger partial charge in [0.25, 0.3) is 0 Å². The summed E-state index contributed by atoms with van der Waals surface area (Å²) in [6.07, 6.45) is 3.62. The Morgan fingerprint density at radius 3 is 2.84 bits per heavy atom. The number of nitrogen functional groups attached to an aromatic ring is 1. The molecule has 0 aromatic carbocycles. The van der Waals surface area contributed by atoms with Crippen LogP contribution in [0.4, 0.5) is 11.6 Å². The minimum atomic E-state index is 0.602. The molecule has 0 bridgehead atoms. The summed E-state index contributed by atoms with van der Waals surface area (Å²) >= 11 is 1.48. The third kappa shape index (κ3) is 3.18. The van der Waals surface area contributed by atoms with Crippen molar-refractivity contribution >= 4 is 23.4 Å². The van der Waals surface area contributed by atoms with E-state index >= 15 is 0 Å². The van der Waals surface area contributed by atoms with Gasteiger partial charge in [0.1, 0.15) is 17.4 Å². The van der Waals surface area contributed by atoms with E-state index in [0.29, 0.717) is 11.0 Å². The first kappa shape index (κ1) is 13.7. The molecule has 0 spiro atoms. The first-order valence-electron chi connectivity index (χ1n) is 5.78. The smallest absolute Gasteiger partial charge is 0.191 e. The van der Waals surface area contributed by atoms with Crippen molar-refractivity contribution in [3.05, 3.63) is 29.7 Å². The van der Waals surface area contributed by atoms with Crippen LogP contribution in [0.2, 0.25) is 0 Å². The van der Waals surface area contributed by atoms with E-state index in [9.17, 15) is 0 Å². The van der Waals surface area contributed by atoms with Crippen molar-refractivity contribution in [2.24, 2.45) is 5.84 Å². The average Bonchev–Trinajstić information content (AvgIpc) is 2.83. The van der Waals surface area contributed by atoms with Crippen molar-refractivity contribution in [2.45, 2.75) is 18.6 Å². The maximum Gasteiger partial charge on any atom is 0.191 e. The van der Waals surface area contributed by atoms with Gasteiger partial charge in [0, 0.05) is 25.2 Å². The van der Waals surface area contributed by atoms with Gasteiger partial charge >= 0.3 is 0 Å². The molecule has 102 valence electrons. The Labute approximate surface area is 116 Å². The number of furan rings is 1. The molecular weight excluding hydrogens is 262 g/mol. The van der Waals surface area contributed by atoms with Gasteiger partial charge in [-0.1, -0.05) is 11.8 Å². The Kier molecular flexibility index (Phi) is 4.28. The fraction of sp³-hybridized carbons (Fsp3) is 0.333. The Morgan fingerprint density at radius 1 is 1.47 bits per heavy atom. The molecule has 3 N–H and O–H groups in total. The Balaban J connectivity index is 2.23. The normalized spacial score (nSPS) is 10.5. The van der Waals surface area contributed by atoms with Crippen LogP contribution in [0.3, 0.4) is 0 Å². The van der Waals surface area contributed by atoms with E-state index in [1.807, 2.05) is 37.3 Å². The van der Waals surface area contributed by atoms with Gasteiger partial charge in [-0.2, -0.15) is 0 Å². The van der Waals surface area contributed by atoms with Crippen LogP contribution in [0.25, 0.3) is 0 Å². The number of aromatic nitrogens is 2. The number of hydrogen-bond acceptors (Lipinski definition) is 7. The lowest BCUT2D eigenvalue weighted by Crippen LogP contribution is -2.19. The molecule has 2 aromatic heterocycles. The zero-order valence-electron chi connectivity index (χ0n) is 11.2. The number of nitrogens with one attached hydrogen (secondary N) is 1. The summed E-state index contributed by atoms with van der Waals surface area (Å²) in [5.41, 5.74) is 3.69. The molecule has 0 aliphatic heterocycles. The van der Waals surface area contributed by atoms with Crippen LogP contribution in [0, 0.1) is 6.92 Å². The third-order valence-corrected chi connectivity index (χ3v) is 3.34. The number of nitrogens with zero attached hydrogens (tertiary/aromatic N) is 3. The topological polar surface area (TPSA) is 80.2 Å². The van der Waals surface area contributed by atoms with Crippen molar-refractivity contribution in [3.8, 4) is 0 Å². The minimum absolute atomic E-state index is 0.602. The number of hydrogen-bond donors (Lipinski definition) is 2. The van der Waals surface area contributed by atoms with Crippen molar-refractivity contribution in [1.82, 2.24) is 9.97 Å². The fourth-order valence-corrected chi connectivity index (χ4v) is 2.06. The van der Waals surface area contributed by atoms with E-state index < -0.39 is 0 Å². The first-order chi connectivity index (χ1) is 9.13. The molecule has 0 radical (unpaired) electrons. The second-order valence-corrected chi connectivity index (χ2v) is 4.87. The second kappa shape index (κ2) is 5.94. The van der Waals surface area contributed by atoms with E-state index in [2.05, 4.69) is 15.4 Å². The maximum atomic E-state index is 5.42. The van der Waals surface area contributed by atoms with Gasteiger partial charge in [-0.3, -0.25) is 0 Å². The van der Waals surface area contributed by atoms with Gasteiger partial charge in [-0.25, -0.2) is 15.8 Å². The van der Waals surface area contributed by atoms with Crippen molar-refractivity contribution in [1.29, 1.82) is 0 Å². The monoisotopic (exact) mass is 279 g/mol. The van der Waals surface area contributed by atoms with Crippen LogP contribution in [0.5, 0.6) is 0 Å². The van der Waals surface area contributed by atoms with Crippen LogP contribution in [0.1, 0.15) is 11.3 Å². The van der Waals surface area contributed by atoms with Crippen LogP contribution in [-0.2, 0) is 6.54 Å². The third-order valence-electron chi connectivity index (χ3n) is 2.79. The molecule has 2 heterocycles. The standard InChI is InChI=1S/C12H17N5OS/c1-8-9(4-5-18-8)7-17(2)11-6-10(16-13)14-12(15-11)19-3/h4-6H,7,13H2,1-3H3,(H,14,15,16). The highest BCUT2D eigenvalue weighted by atomic mass is 32.2. The average molecular weight is 279 g/mol. The zero-order valence-corrected chi connectivity index (χ0v) is 12.0. The molecule has 0 saturated heterocycles. The second-order valence-electron chi connectivity index (χ2n) is 4.10. The molecule has 7 heteroatoms. The largest absolute Gasteiger partial charge is 0.469 e. The lowest BCUT2D eigenvalue weighted by molar-refractivity contribution is 0.529. The molecule has 0 saturated carbocycles. The van der Waals surface area contributed by atoms with Crippen molar-refractivity contribution in [3.63, 3.8) is 0 Å². The highest BCUT2D eigenvalue weighted by molar-refractivity contribution is 7.98. The van der Waals surface area contributed by atoms with Crippen LogP contribution in [0.15, 0.2) is 28.0 Å². The van der Waals surface area contributed by atoms with Crippen LogP contribution < -0.4 is 16.2 Å². The number of rotatable bonds is 5. The van der Waals surface area contributed by atoms with E-state index in [4.69, 9.17) is 10.3 Å². The highest BCUT2D eigenvalue weighted by Crippen LogP contribution is 2.21. The van der Waals surface area contributed by atoms with Crippen LogP contribution in [-0.4, -0.2) is 23.3 Å². The molecule has 0 aliphatic rings. The predicted molar refractivity (Wildman–Crippen MR) is 77.2 cm³/mol. The summed E-state index contributed by atoms with van der Waals surface area (Å²) in [6, 6.07) is 3.78. The van der Waals surface area contributed by atoms with E-state index in [0.717, 1.165) is 23.7 Å². The van der Waals surface area contributed by atoms with Crippen LogP contribution >= 0.6 is 11.8 Å². The number of nitrogens with two attached hydrogens (primary N) is 1. The quantitative estimate of drug-likeness (QED) is 0.375. The Hall–Kier alpha value is -1.73. The maximum absolute atomic E-state index is 5.42. The van der Waals surface area contributed by atoms with Gasteiger partial charge in [0.2, 0.25) is 0 Å². The summed E-state index contributed by atoms with van der Waals surface area (Å²) in [6.45, 7) is 2.67. The predicted octanol–water partition coefficient (Wildman–Crippen LogP) is 2.02. The molecule has 0 fully saturated rings. The molecule has 0 amide bonds. The summed E-state index contributed by atoms with van der Waals surface area (Å²) in [5, 5.41) is 0.682. The Morgan fingerprint density at radius 2 is 2.26 bits per heavy atom. The summed E-state index contributed by atoms with van der Waals surface area (Å²) in [7, 11) is 1.97. The lowest BCUT2D eigenvalue weighted by Gasteiger charge is -2.18. The number of thioether (sulfide) groups is 1. The molecule has 0 unspecified atom stereocenters. The number of hydrazine groups is 1. The van der Waals surface area contributed by atoms with Crippen molar-refractivity contribution in [2.75, 3.05) is 23.6 Å². The first-order valence-corrected chi connectivity index (χ1v) is 7.00. The molecule has 0 aliphatic carbocycles. The lowest BCUT2D eigenvalue weighted by atomic mass is 10.2. The molecule has 19 heavy (non-hydrogen) atoms.